The van der Waals surface area contributed by atoms with E-state index >= 15 is 0 Å². The Balaban J connectivity index is 2.69. The summed E-state index contributed by atoms with van der Waals surface area (Å²) in [6, 6.07) is 10.0. The molecule has 7 heteroatoms. The minimum Gasteiger partial charge on any atom is -0.218 e. The zero-order valence-electron chi connectivity index (χ0n) is 9.20. The van der Waals surface area contributed by atoms with Crippen molar-refractivity contribution in [3.63, 3.8) is 0 Å². The standard InChI is InChI=1S/C12H6Br4O2S/c13-7-4-5-10(9(15)6-7)19(17,18)11-3-1-2-8(14)12(11)16/h1-6H. The largest absolute Gasteiger partial charge is 0.218 e. The first-order valence-electron chi connectivity index (χ1n) is 4.98. The molecule has 0 atom stereocenters. The summed E-state index contributed by atoms with van der Waals surface area (Å²) in [5.74, 6) is 0. The number of benzene rings is 2. The van der Waals surface area contributed by atoms with E-state index in [-0.39, 0.29) is 9.79 Å². The molecular formula is C12H6Br4O2S. The Labute approximate surface area is 145 Å². The highest BCUT2D eigenvalue weighted by atomic mass is 79.9. The topological polar surface area (TPSA) is 34.1 Å². The van der Waals surface area contributed by atoms with Crippen LogP contribution in [-0.4, -0.2) is 8.42 Å². The van der Waals surface area contributed by atoms with E-state index in [9.17, 15) is 8.42 Å². The van der Waals surface area contributed by atoms with Crippen LogP contribution in [0, 0.1) is 0 Å². The van der Waals surface area contributed by atoms with Crippen molar-refractivity contribution in [3.8, 4) is 0 Å². The first kappa shape index (κ1) is 15.7. The van der Waals surface area contributed by atoms with Crippen molar-refractivity contribution in [3.05, 3.63) is 54.3 Å². The predicted octanol–water partition coefficient (Wildman–Crippen LogP) is 5.57. The average molecular weight is 534 g/mol. The molecule has 0 radical (unpaired) electrons. The zero-order chi connectivity index (χ0) is 14.2. The van der Waals surface area contributed by atoms with Crippen molar-refractivity contribution >= 4 is 73.6 Å². The molecule has 0 spiro atoms. The molecular weight excluding hydrogens is 528 g/mol. The Morgan fingerprint density at radius 1 is 0.789 bits per heavy atom. The van der Waals surface area contributed by atoms with E-state index in [4.69, 9.17) is 0 Å². The molecule has 0 saturated heterocycles. The highest BCUT2D eigenvalue weighted by Gasteiger charge is 2.24. The van der Waals surface area contributed by atoms with Gasteiger partial charge in [0.05, 0.1) is 14.3 Å². The first-order valence-corrected chi connectivity index (χ1v) is 9.63. The number of hydrogen-bond donors (Lipinski definition) is 0. The Morgan fingerprint density at radius 3 is 2.11 bits per heavy atom. The lowest BCUT2D eigenvalue weighted by Crippen LogP contribution is -2.04. The van der Waals surface area contributed by atoms with Gasteiger partial charge in [0.25, 0.3) is 0 Å². The SMILES string of the molecule is O=S(=O)(c1ccc(Br)cc1Br)c1cccc(Br)c1Br. The van der Waals surface area contributed by atoms with Crippen molar-refractivity contribution < 1.29 is 8.42 Å². The van der Waals surface area contributed by atoms with Crippen molar-refractivity contribution in [2.24, 2.45) is 0 Å². The van der Waals surface area contributed by atoms with E-state index in [1.165, 1.54) is 0 Å². The van der Waals surface area contributed by atoms with Gasteiger partial charge in [0, 0.05) is 13.4 Å². The van der Waals surface area contributed by atoms with Crippen LogP contribution in [0.4, 0.5) is 0 Å². The van der Waals surface area contributed by atoms with Crippen LogP contribution >= 0.6 is 63.7 Å². The molecule has 19 heavy (non-hydrogen) atoms. The summed E-state index contributed by atoms with van der Waals surface area (Å²) < 4.78 is 27.8. The third-order valence-corrected chi connectivity index (χ3v) is 7.96. The summed E-state index contributed by atoms with van der Waals surface area (Å²) in [5.41, 5.74) is 0. The Kier molecular flexibility index (Phi) is 4.93. The minimum absolute atomic E-state index is 0.227. The van der Waals surface area contributed by atoms with Crippen LogP contribution in [0.1, 0.15) is 0 Å². The monoisotopic (exact) mass is 530 g/mol. The average Bonchev–Trinajstić information content (AvgIpc) is 2.31. The first-order chi connectivity index (χ1) is 8.84. The second-order valence-corrected chi connectivity index (χ2v) is 8.93. The summed E-state index contributed by atoms with van der Waals surface area (Å²) in [6.45, 7) is 0. The second kappa shape index (κ2) is 5.97. The Morgan fingerprint density at radius 2 is 1.47 bits per heavy atom. The summed E-state index contributed by atoms with van der Waals surface area (Å²) in [6.07, 6.45) is 0. The molecule has 0 aliphatic heterocycles. The lowest BCUT2D eigenvalue weighted by molar-refractivity contribution is 0.595. The number of halogens is 4. The van der Waals surface area contributed by atoms with E-state index in [1.54, 1.807) is 36.4 Å². The van der Waals surface area contributed by atoms with Crippen LogP contribution in [0.15, 0.2) is 64.1 Å². The van der Waals surface area contributed by atoms with Gasteiger partial charge in [-0.2, -0.15) is 0 Å². The van der Waals surface area contributed by atoms with Crippen LogP contribution in [0.2, 0.25) is 0 Å². The maximum Gasteiger partial charge on any atom is 0.208 e. The highest BCUT2D eigenvalue weighted by Crippen LogP contribution is 2.36. The fraction of sp³-hybridized carbons (Fsp3) is 0. The van der Waals surface area contributed by atoms with Crippen molar-refractivity contribution in [2.45, 2.75) is 9.79 Å². The van der Waals surface area contributed by atoms with Gasteiger partial charge >= 0.3 is 0 Å². The number of sulfone groups is 1. The van der Waals surface area contributed by atoms with E-state index in [2.05, 4.69) is 63.7 Å². The van der Waals surface area contributed by atoms with Gasteiger partial charge in [0.1, 0.15) is 0 Å². The van der Waals surface area contributed by atoms with Gasteiger partial charge < -0.3 is 0 Å². The summed E-state index contributed by atoms with van der Waals surface area (Å²) >= 11 is 13.2. The molecule has 0 aliphatic carbocycles. The molecule has 0 amide bonds. The summed E-state index contributed by atoms with van der Waals surface area (Å²) in [5, 5.41) is 0. The minimum atomic E-state index is -3.58. The van der Waals surface area contributed by atoms with E-state index in [1.807, 2.05) is 0 Å². The third-order valence-electron chi connectivity index (χ3n) is 2.39. The lowest BCUT2D eigenvalue weighted by atomic mass is 10.4. The second-order valence-electron chi connectivity index (χ2n) is 3.63. The molecule has 0 unspecified atom stereocenters. The molecule has 0 aromatic heterocycles. The smallest absolute Gasteiger partial charge is 0.208 e. The predicted molar refractivity (Wildman–Crippen MR) is 89.1 cm³/mol. The van der Waals surface area contributed by atoms with Crippen LogP contribution in [0.5, 0.6) is 0 Å². The van der Waals surface area contributed by atoms with Gasteiger partial charge in [0.15, 0.2) is 0 Å². The van der Waals surface area contributed by atoms with Gasteiger partial charge in [-0.05, 0) is 78.1 Å². The van der Waals surface area contributed by atoms with Crippen LogP contribution in [-0.2, 0) is 9.84 Å². The fourth-order valence-corrected chi connectivity index (χ4v) is 5.99. The molecule has 2 aromatic carbocycles. The molecule has 2 rings (SSSR count). The molecule has 0 fully saturated rings. The summed E-state index contributed by atoms with van der Waals surface area (Å²) in [7, 11) is -3.58. The molecule has 0 heterocycles. The molecule has 2 nitrogen and oxygen atoms in total. The van der Waals surface area contributed by atoms with Gasteiger partial charge in [0.2, 0.25) is 9.84 Å². The highest BCUT2D eigenvalue weighted by molar-refractivity contribution is 9.13. The molecule has 0 aliphatic rings. The molecule has 0 saturated carbocycles. The van der Waals surface area contributed by atoms with Gasteiger partial charge in [-0.15, -0.1) is 0 Å². The fourth-order valence-electron chi connectivity index (χ4n) is 1.50. The quantitative estimate of drug-likeness (QED) is 0.506. The number of hydrogen-bond acceptors (Lipinski definition) is 2. The molecule has 100 valence electrons. The maximum absolute atomic E-state index is 12.6. The van der Waals surface area contributed by atoms with Crippen LogP contribution in [0.3, 0.4) is 0 Å². The van der Waals surface area contributed by atoms with Crippen molar-refractivity contribution in [2.75, 3.05) is 0 Å². The molecule has 0 N–H and O–H groups in total. The maximum atomic E-state index is 12.6. The zero-order valence-corrected chi connectivity index (χ0v) is 16.4. The third kappa shape index (κ3) is 3.15. The van der Waals surface area contributed by atoms with Crippen molar-refractivity contribution in [1.29, 1.82) is 0 Å². The van der Waals surface area contributed by atoms with Gasteiger partial charge in [-0.1, -0.05) is 22.0 Å². The number of rotatable bonds is 2. The Hall–Kier alpha value is 0.310. The van der Waals surface area contributed by atoms with Gasteiger partial charge in [-0.3, -0.25) is 0 Å². The normalized spacial score (nSPS) is 11.6. The summed E-state index contributed by atoms with van der Waals surface area (Å²) in [4.78, 5) is 0.458. The van der Waals surface area contributed by atoms with Gasteiger partial charge in [-0.25, -0.2) is 8.42 Å². The molecule has 2 aromatic rings. The van der Waals surface area contributed by atoms with E-state index in [0.29, 0.717) is 13.4 Å². The lowest BCUT2D eigenvalue weighted by Gasteiger charge is -2.10. The van der Waals surface area contributed by atoms with Crippen molar-refractivity contribution in [1.82, 2.24) is 0 Å². The van der Waals surface area contributed by atoms with E-state index in [0.717, 1.165) is 4.47 Å². The van der Waals surface area contributed by atoms with Crippen LogP contribution < -0.4 is 0 Å². The molecule has 0 bridgehead atoms. The van der Waals surface area contributed by atoms with Crippen LogP contribution in [0.25, 0.3) is 0 Å². The Bertz CT molecular complexity index is 741. The van der Waals surface area contributed by atoms with E-state index < -0.39 is 9.84 Å².